The standard InChI is InChI=1S/C7H15NO/c1-6(8(3)4)7(2)9-5/h1-5H3/b7-6-. The second kappa shape index (κ2) is 3.38. The fourth-order valence-corrected chi connectivity index (χ4v) is 0.463. The van der Waals surface area contributed by atoms with Crippen molar-refractivity contribution in [2.45, 2.75) is 13.8 Å². The Balaban J connectivity index is 4.10. The Morgan fingerprint density at radius 2 is 1.67 bits per heavy atom. The second-order valence-corrected chi connectivity index (χ2v) is 2.24. The van der Waals surface area contributed by atoms with E-state index in [0.29, 0.717) is 0 Å². The van der Waals surface area contributed by atoms with Gasteiger partial charge in [0.25, 0.3) is 0 Å². The first kappa shape index (κ1) is 8.34. The Morgan fingerprint density at radius 3 is 1.78 bits per heavy atom. The van der Waals surface area contributed by atoms with E-state index in [2.05, 4.69) is 0 Å². The van der Waals surface area contributed by atoms with Gasteiger partial charge in [-0.1, -0.05) is 0 Å². The molecule has 0 saturated heterocycles. The van der Waals surface area contributed by atoms with Crippen LogP contribution in [-0.2, 0) is 4.74 Å². The van der Waals surface area contributed by atoms with Gasteiger partial charge in [-0.15, -0.1) is 0 Å². The van der Waals surface area contributed by atoms with Crippen LogP contribution in [0.4, 0.5) is 0 Å². The molecule has 0 fully saturated rings. The van der Waals surface area contributed by atoms with Crippen LogP contribution in [0.1, 0.15) is 13.8 Å². The van der Waals surface area contributed by atoms with Gasteiger partial charge in [-0.3, -0.25) is 0 Å². The molecule has 2 nitrogen and oxygen atoms in total. The Labute approximate surface area is 57.1 Å². The van der Waals surface area contributed by atoms with Crippen molar-refractivity contribution in [3.8, 4) is 0 Å². The third-order valence-electron chi connectivity index (χ3n) is 1.49. The molecule has 0 radical (unpaired) electrons. The van der Waals surface area contributed by atoms with Crippen LogP contribution in [0.25, 0.3) is 0 Å². The first-order valence-corrected chi connectivity index (χ1v) is 2.98. The molecule has 0 aliphatic carbocycles. The van der Waals surface area contributed by atoms with Gasteiger partial charge < -0.3 is 9.64 Å². The van der Waals surface area contributed by atoms with Crippen molar-refractivity contribution in [2.75, 3.05) is 21.2 Å². The fourth-order valence-electron chi connectivity index (χ4n) is 0.463. The van der Waals surface area contributed by atoms with Crippen molar-refractivity contribution in [1.82, 2.24) is 4.90 Å². The predicted molar refractivity (Wildman–Crippen MR) is 39.1 cm³/mol. The molecule has 0 spiro atoms. The predicted octanol–water partition coefficient (Wildman–Crippen LogP) is 1.45. The Bertz CT molecular complexity index is 116. The van der Waals surface area contributed by atoms with Gasteiger partial charge in [0, 0.05) is 19.8 Å². The SMILES string of the molecule is CO/C(C)=C(/C)N(C)C. The highest BCUT2D eigenvalue weighted by Crippen LogP contribution is 2.04. The Hall–Kier alpha value is -0.660. The molecule has 0 atom stereocenters. The zero-order chi connectivity index (χ0) is 7.44. The number of ether oxygens (including phenoxy) is 1. The lowest BCUT2D eigenvalue weighted by atomic mass is 10.4. The van der Waals surface area contributed by atoms with E-state index < -0.39 is 0 Å². The van der Waals surface area contributed by atoms with Gasteiger partial charge in [-0.25, -0.2) is 0 Å². The summed E-state index contributed by atoms with van der Waals surface area (Å²) in [5.74, 6) is 0.972. The van der Waals surface area contributed by atoms with Crippen LogP contribution in [0, 0.1) is 0 Å². The van der Waals surface area contributed by atoms with E-state index in [9.17, 15) is 0 Å². The molecule has 0 amide bonds. The molecule has 0 aromatic rings. The highest BCUT2D eigenvalue weighted by atomic mass is 16.5. The van der Waals surface area contributed by atoms with E-state index in [1.807, 2.05) is 32.8 Å². The molecular formula is C7H15NO. The van der Waals surface area contributed by atoms with E-state index in [1.165, 1.54) is 0 Å². The first-order valence-electron chi connectivity index (χ1n) is 2.98. The second-order valence-electron chi connectivity index (χ2n) is 2.24. The molecule has 0 aromatic heterocycles. The summed E-state index contributed by atoms with van der Waals surface area (Å²) in [6.07, 6.45) is 0. The minimum Gasteiger partial charge on any atom is -0.500 e. The van der Waals surface area contributed by atoms with Crippen LogP contribution in [0.2, 0.25) is 0 Å². The fraction of sp³-hybridized carbons (Fsp3) is 0.714. The monoisotopic (exact) mass is 129 g/mol. The smallest absolute Gasteiger partial charge is 0.111 e. The van der Waals surface area contributed by atoms with E-state index in [1.54, 1.807) is 7.11 Å². The number of methoxy groups -OCH3 is 1. The number of hydrogen-bond acceptors (Lipinski definition) is 2. The van der Waals surface area contributed by atoms with Crippen LogP contribution in [-0.4, -0.2) is 26.1 Å². The summed E-state index contributed by atoms with van der Waals surface area (Å²) in [5, 5.41) is 0. The van der Waals surface area contributed by atoms with Crippen LogP contribution < -0.4 is 0 Å². The van der Waals surface area contributed by atoms with Crippen LogP contribution in [0.5, 0.6) is 0 Å². The molecule has 0 aliphatic rings. The van der Waals surface area contributed by atoms with Gasteiger partial charge in [-0.05, 0) is 13.8 Å². The van der Waals surface area contributed by atoms with Gasteiger partial charge in [0.2, 0.25) is 0 Å². The van der Waals surface area contributed by atoms with Crippen LogP contribution in [0.15, 0.2) is 11.5 Å². The molecule has 0 N–H and O–H groups in total. The largest absolute Gasteiger partial charge is 0.500 e. The van der Waals surface area contributed by atoms with Crippen LogP contribution in [0.3, 0.4) is 0 Å². The van der Waals surface area contributed by atoms with Gasteiger partial charge in [0.05, 0.1) is 7.11 Å². The first-order chi connectivity index (χ1) is 4.09. The van der Waals surface area contributed by atoms with Gasteiger partial charge >= 0.3 is 0 Å². The van der Waals surface area contributed by atoms with E-state index in [-0.39, 0.29) is 0 Å². The van der Waals surface area contributed by atoms with Crippen molar-refractivity contribution in [2.24, 2.45) is 0 Å². The van der Waals surface area contributed by atoms with E-state index >= 15 is 0 Å². The molecule has 0 heterocycles. The summed E-state index contributed by atoms with van der Waals surface area (Å²) >= 11 is 0. The summed E-state index contributed by atoms with van der Waals surface area (Å²) in [4.78, 5) is 2.03. The lowest BCUT2D eigenvalue weighted by molar-refractivity contribution is 0.274. The number of hydrogen-bond donors (Lipinski definition) is 0. The van der Waals surface area contributed by atoms with Gasteiger partial charge in [0.15, 0.2) is 0 Å². The molecule has 54 valence electrons. The summed E-state index contributed by atoms with van der Waals surface area (Å²) < 4.78 is 5.01. The molecule has 0 saturated carbocycles. The zero-order valence-electron chi connectivity index (χ0n) is 6.86. The summed E-state index contributed by atoms with van der Waals surface area (Å²) in [7, 11) is 5.68. The maximum Gasteiger partial charge on any atom is 0.111 e. The summed E-state index contributed by atoms with van der Waals surface area (Å²) in [6, 6.07) is 0. The number of rotatable bonds is 2. The molecule has 0 aliphatic heterocycles. The quantitative estimate of drug-likeness (QED) is 0.523. The van der Waals surface area contributed by atoms with Gasteiger partial charge in [-0.2, -0.15) is 0 Å². The zero-order valence-corrected chi connectivity index (χ0v) is 6.86. The topological polar surface area (TPSA) is 12.5 Å². The van der Waals surface area contributed by atoms with Gasteiger partial charge in [0.1, 0.15) is 5.76 Å². The Morgan fingerprint density at radius 1 is 1.22 bits per heavy atom. The highest BCUT2D eigenvalue weighted by Gasteiger charge is 1.95. The molecule has 0 unspecified atom stereocenters. The van der Waals surface area contributed by atoms with Crippen LogP contribution >= 0.6 is 0 Å². The van der Waals surface area contributed by atoms with E-state index in [0.717, 1.165) is 11.5 Å². The van der Waals surface area contributed by atoms with Crippen molar-refractivity contribution < 1.29 is 4.74 Å². The molecule has 0 rings (SSSR count). The Kier molecular flexibility index (Phi) is 3.13. The lowest BCUT2D eigenvalue weighted by Crippen LogP contribution is -2.10. The minimum absolute atomic E-state index is 0.972. The normalized spacial score (nSPS) is 12.6. The van der Waals surface area contributed by atoms with Crippen molar-refractivity contribution in [3.63, 3.8) is 0 Å². The number of allylic oxidation sites excluding steroid dienone is 2. The lowest BCUT2D eigenvalue weighted by Gasteiger charge is -2.14. The maximum absolute atomic E-state index is 5.01. The highest BCUT2D eigenvalue weighted by molar-refractivity contribution is 4.99. The average Bonchev–Trinajstić information content (AvgIpc) is 1.84. The molecule has 2 heteroatoms. The third-order valence-corrected chi connectivity index (χ3v) is 1.49. The third kappa shape index (κ3) is 2.40. The number of nitrogens with zero attached hydrogens (tertiary/aromatic N) is 1. The summed E-state index contributed by atoms with van der Waals surface area (Å²) in [6.45, 7) is 3.98. The summed E-state index contributed by atoms with van der Waals surface area (Å²) in [5.41, 5.74) is 1.16. The van der Waals surface area contributed by atoms with Crippen molar-refractivity contribution in [3.05, 3.63) is 11.5 Å². The molecule has 9 heavy (non-hydrogen) atoms. The maximum atomic E-state index is 5.01. The van der Waals surface area contributed by atoms with Crippen molar-refractivity contribution in [1.29, 1.82) is 0 Å². The van der Waals surface area contributed by atoms with E-state index in [4.69, 9.17) is 4.74 Å². The van der Waals surface area contributed by atoms with Crippen molar-refractivity contribution >= 4 is 0 Å². The minimum atomic E-state index is 0.972. The molecular weight excluding hydrogens is 114 g/mol. The molecule has 0 aromatic carbocycles. The average molecular weight is 129 g/mol. The molecule has 0 bridgehead atoms.